The van der Waals surface area contributed by atoms with Gasteiger partial charge in [0.15, 0.2) is 10.7 Å². The molecule has 0 spiro atoms. The van der Waals surface area contributed by atoms with Crippen molar-refractivity contribution in [3.63, 3.8) is 0 Å². The lowest BCUT2D eigenvalue weighted by Gasteiger charge is -2.22. The summed E-state index contributed by atoms with van der Waals surface area (Å²) in [5, 5.41) is 0.633. The Morgan fingerprint density at radius 3 is 2.59 bits per heavy atom. The minimum Gasteiger partial charge on any atom is -0.408 e. The fourth-order valence-electron chi connectivity index (χ4n) is 2.99. The number of para-hydroxylation sites is 3. The fraction of sp³-hybridized carbons (Fsp3) is 0.250. The van der Waals surface area contributed by atoms with E-state index in [9.17, 15) is 9.59 Å². The van der Waals surface area contributed by atoms with E-state index < -0.39 is 5.76 Å². The molecule has 2 aromatic heterocycles. The third-order valence-electron chi connectivity index (χ3n) is 4.45. The van der Waals surface area contributed by atoms with Gasteiger partial charge in [-0.15, -0.1) is 12.4 Å². The average molecular weight is 433 g/mol. The quantitative estimate of drug-likeness (QED) is 0.467. The highest BCUT2D eigenvalue weighted by Crippen LogP contribution is 2.28. The van der Waals surface area contributed by atoms with Crippen LogP contribution >= 0.6 is 23.7 Å². The topological polar surface area (TPSA) is 71.6 Å². The molecule has 0 radical (unpaired) electrons. The van der Waals surface area contributed by atoms with Crippen LogP contribution < -0.4 is 10.7 Å². The van der Waals surface area contributed by atoms with Gasteiger partial charge in [0, 0.05) is 13.1 Å². The second-order valence-electron chi connectivity index (χ2n) is 6.73. The number of rotatable bonds is 6. The Balaban J connectivity index is 0.00000240. The number of amides is 1. The van der Waals surface area contributed by atoms with Gasteiger partial charge in [0.2, 0.25) is 5.91 Å². The van der Waals surface area contributed by atoms with Crippen molar-refractivity contribution in [1.29, 1.82) is 0 Å². The standard InChI is InChI=1S/C20H20N4O3S.ClH/c1-22(2)11-12-23(19-21-14-7-3-6-10-17(14)28-19)18(25)13-24-15-8-4-5-9-16(15)27-20(24)26;/h3-10H,11-13H2,1-2H3;1H. The van der Waals surface area contributed by atoms with Gasteiger partial charge in [-0.25, -0.2) is 9.78 Å². The first-order valence-corrected chi connectivity index (χ1v) is 9.73. The number of hydrogen-bond acceptors (Lipinski definition) is 6. The summed E-state index contributed by atoms with van der Waals surface area (Å²) in [6, 6.07) is 14.9. The van der Waals surface area contributed by atoms with E-state index in [-0.39, 0.29) is 24.9 Å². The van der Waals surface area contributed by atoms with Crippen molar-refractivity contribution in [2.45, 2.75) is 6.54 Å². The Labute approximate surface area is 177 Å². The zero-order valence-electron chi connectivity index (χ0n) is 16.1. The van der Waals surface area contributed by atoms with Crippen LogP contribution in [0.2, 0.25) is 0 Å². The van der Waals surface area contributed by atoms with Crippen LogP contribution in [-0.2, 0) is 11.3 Å². The molecule has 4 rings (SSSR count). The van der Waals surface area contributed by atoms with Crippen LogP contribution in [-0.4, -0.2) is 47.5 Å². The van der Waals surface area contributed by atoms with Gasteiger partial charge in [0.25, 0.3) is 0 Å². The summed E-state index contributed by atoms with van der Waals surface area (Å²) in [6.45, 7) is 1.07. The van der Waals surface area contributed by atoms with Gasteiger partial charge in [-0.1, -0.05) is 35.6 Å². The van der Waals surface area contributed by atoms with Gasteiger partial charge in [-0.05, 0) is 38.4 Å². The molecule has 29 heavy (non-hydrogen) atoms. The van der Waals surface area contributed by atoms with E-state index in [0.717, 1.165) is 10.2 Å². The van der Waals surface area contributed by atoms with Crippen molar-refractivity contribution in [2.75, 3.05) is 32.1 Å². The molecular weight excluding hydrogens is 412 g/mol. The number of oxazole rings is 1. The summed E-state index contributed by atoms with van der Waals surface area (Å²) in [5.74, 6) is -0.735. The van der Waals surface area contributed by atoms with Gasteiger partial charge in [-0.2, -0.15) is 0 Å². The molecule has 0 bridgehead atoms. The van der Waals surface area contributed by atoms with Crippen LogP contribution in [0.25, 0.3) is 21.3 Å². The summed E-state index contributed by atoms with van der Waals surface area (Å²) >= 11 is 1.47. The molecule has 0 N–H and O–H groups in total. The second-order valence-corrected chi connectivity index (χ2v) is 7.74. The number of thiazole rings is 1. The first-order chi connectivity index (χ1) is 13.5. The number of anilines is 1. The minimum atomic E-state index is -0.536. The van der Waals surface area contributed by atoms with Crippen molar-refractivity contribution >= 4 is 56.1 Å². The lowest BCUT2D eigenvalue weighted by atomic mass is 10.3. The van der Waals surface area contributed by atoms with Crippen LogP contribution in [0, 0.1) is 0 Å². The highest BCUT2D eigenvalue weighted by molar-refractivity contribution is 7.22. The van der Waals surface area contributed by atoms with Gasteiger partial charge in [0.1, 0.15) is 6.54 Å². The van der Waals surface area contributed by atoms with E-state index in [0.29, 0.717) is 29.3 Å². The van der Waals surface area contributed by atoms with Crippen molar-refractivity contribution in [3.05, 3.63) is 59.1 Å². The smallest absolute Gasteiger partial charge is 0.408 e. The van der Waals surface area contributed by atoms with E-state index in [4.69, 9.17) is 4.42 Å². The molecule has 0 unspecified atom stereocenters. The maximum absolute atomic E-state index is 13.2. The van der Waals surface area contributed by atoms with E-state index in [2.05, 4.69) is 4.98 Å². The van der Waals surface area contributed by atoms with Crippen LogP contribution in [0.1, 0.15) is 0 Å². The predicted octanol–water partition coefficient (Wildman–Crippen LogP) is 3.22. The Kier molecular flexibility index (Phi) is 6.36. The van der Waals surface area contributed by atoms with Crippen molar-refractivity contribution in [2.24, 2.45) is 0 Å². The normalized spacial score (nSPS) is 11.1. The molecule has 0 aliphatic heterocycles. The molecule has 9 heteroatoms. The van der Waals surface area contributed by atoms with Crippen LogP contribution in [0.4, 0.5) is 5.13 Å². The Morgan fingerprint density at radius 1 is 1.10 bits per heavy atom. The van der Waals surface area contributed by atoms with Crippen molar-refractivity contribution < 1.29 is 9.21 Å². The second kappa shape index (κ2) is 8.77. The number of likely N-dealkylation sites (N-methyl/N-ethyl adjacent to an activating group) is 1. The minimum absolute atomic E-state index is 0. The SMILES string of the molecule is CN(C)CCN(C(=O)Cn1c(=O)oc2ccccc21)c1nc2ccccc2s1.Cl. The van der Waals surface area contributed by atoms with Crippen LogP contribution in [0.3, 0.4) is 0 Å². The monoisotopic (exact) mass is 432 g/mol. The number of nitrogens with zero attached hydrogens (tertiary/aromatic N) is 4. The molecule has 0 aliphatic rings. The van der Waals surface area contributed by atoms with Gasteiger partial charge in [-0.3, -0.25) is 14.3 Å². The largest absolute Gasteiger partial charge is 0.420 e. The van der Waals surface area contributed by atoms with Gasteiger partial charge < -0.3 is 9.32 Å². The Bertz CT molecular complexity index is 1160. The number of halogens is 1. The zero-order chi connectivity index (χ0) is 19.7. The van der Waals surface area contributed by atoms with Crippen LogP contribution in [0.5, 0.6) is 0 Å². The highest BCUT2D eigenvalue weighted by Gasteiger charge is 2.22. The number of carbonyl (C=O) groups excluding carboxylic acids is 1. The zero-order valence-corrected chi connectivity index (χ0v) is 17.7. The van der Waals surface area contributed by atoms with Gasteiger partial charge in [0.05, 0.1) is 15.7 Å². The van der Waals surface area contributed by atoms with Gasteiger partial charge >= 0.3 is 5.76 Å². The molecule has 7 nitrogen and oxygen atoms in total. The third kappa shape index (κ3) is 4.34. The number of fused-ring (bicyclic) bond motifs is 2. The molecule has 1 amide bonds. The number of benzene rings is 2. The van der Waals surface area contributed by atoms with Crippen LogP contribution in [0.15, 0.2) is 57.7 Å². The van der Waals surface area contributed by atoms with E-state index in [1.54, 1.807) is 23.1 Å². The summed E-state index contributed by atoms with van der Waals surface area (Å²) in [6.07, 6.45) is 0. The predicted molar refractivity (Wildman–Crippen MR) is 118 cm³/mol. The lowest BCUT2D eigenvalue weighted by molar-refractivity contribution is -0.119. The van der Waals surface area contributed by atoms with E-state index in [1.807, 2.05) is 49.3 Å². The van der Waals surface area contributed by atoms with E-state index >= 15 is 0 Å². The molecule has 0 aliphatic carbocycles. The first-order valence-electron chi connectivity index (χ1n) is 8.92. The summed E-state index contributed by atoms with van der Waals surface area (Å²) in [7, 11) is 3.91. The molecule has 0 atom stereocenters. The lowest BCUT2D eigenvalue weighted by Crippen LogP contribution is -2.39. The molecule has 2 aromatic carbocycles. The molecule has 152 valence electrons. The maximum atomic E-state index is 13.2. The molecule has 0 saturated carbocycles. The molecular formula is C20H21ClN4O3S. The fourth-order valence-corrected chi connectivity index (χ4v) is 4.00. The number of hydrogen-bond donors (Lipinski definition) is 0. The highest BCUT2D eigenvalue weighted by atomic mass is 35.5. The summed E-state index contributed by atoms with van der Waals surface area (Å²) < 4.78 is 7.64. The van der Waals surface area contributed by atoms with E-state index in [1.165, 1.54) is 15.9 Å². The maximum Gasteiger partial charge on any atom is 0.420 e. The van der Waals surface area contributed by atoms with Crippen molar-refractivity contribution in [1.82, 2.24) is 14.5 Å². The number of carbonyl (C=O) groups is 1. The van der Waals surface area contributed by atoms with Crippen molar-refractivity contribution in [3.8, 4) is 0 Å². The Morgan fingerprint density at radius 2 is 1.83 bits per heavy atom. The average Bonchev–Trinajstić information content (AvgIpc) is 3.23. The molecule has 2 heterocycles. The Hall–Kier alpha value is -2.68. The summed E-state index contributed by atoms with van der Waals surface area (Å²) in [4.78, 5) is 33.7. The third-order valence-corrected chi connectivity index (χ3v) is 5.51. The molecule has 0 fully saturated rings. The molecule has 0 saturated heterocycles. The molecule has 4 aromatic rings. The first kappa shape index (κ1) is 21.0. The number of aromatic nitrogens is 2. The summed E-state index contributed by atoms with van der Waals surface area (Å²) in [5.41, 5.74) is 1.94.